The van der Waals surface area contributed by atoms with Crippen LogP contribution in [0.2, 0.25) is 0 Å². The zero-order valence-corrected chi connectivity index (χ0v) is 12.0. The van der Waals surface area contributed by atoms with E-state index in [0.29, 0.717) is 18.7 Å². The van der Waals surface area contributed by atoms with Crippen molar-refractivity contribution in [1.29, 1.82) is 0 Å². The molecule has 1 aromatic carbocycles. The zero-order chi connectivity index (χ0) is 14.5. The molecule has 19 heavy (non-hydrogen) atoms. The van der Waals surface area contributed by atoms with Crippen molar-refractivity contribution in [1.82, 2.24) is 5.32 Å². The third kappa shape index (κ3) is 4.54. The molecule has 0 atom stereocenters. The lowest BCUT2D eigenvalue weighted by molar-refractivity contribution is -0.00815. The SMILES string of the molecule is CCOC(C)(C)CNC(=O)c1ccc(NN)cc1C. The van der Waals surface area contributed by atoms with Crippen LogP contribution in [0, 0.1) is 6.92 Å². The number of aryl methyl sites for hydroxylation is 1. The fourth-order valence-electron chi connectivity index (χ4n) is 1.84. The van der Waals surface area contributed by atoms with Gasteiger partial charge in [-0.1, -0.05) is 0 Å². The molecule has 0 saturated carbocycles. The van der Waals surface area contributed by atoms with Gasteiger partial charge in [0.05, 0.1) is 5.60 Å². The van der Waals surface area contributed by atoms with Gasteiger partial charge in [0.1, 0.15) is 0 Å². The molecule has 0 heterocycles. The third-order valence-corrected chi connectivity index (χ3v) is 2.85. The number of carbonyl (C=O) groups is 1. The molecule has 5 nitrogen and oxygen atoms in total. The number of nitrogens with two attached hydrogens (primary N) is 1. The Balaban J connectivity index is 2.68. The molecule has 0 aliphatic heterocycles. The van der Waals surface area contributed by atoms with Crippen molar-refractivity contribution < 1.29 is 9.53 Å². The average molecular weight is 265 g/mol. The van der Waals surface area contributed by atoms with Crippen molar-refractivity contribution in [2.24, 2.45) is 5.84 Å². The fourth-order valence-corrected chi connectivity index (χ4v) is 1.84. The molecule has 1 rings (SSSR count). The number of hydrogen-bond acceptors (Lipinski definition) is 4. The van der Waals surface area contributed by atoms with Crippen LogP contribution in [0.4, 0.5) is 5.69 Å². The second-order valence-corrected chi connectivity index (χ2v) is 5.05. The number of hydrogen-bond donors (Lipinski definition) is 3. The summed E-state index contributed by atoms with van der Waals surface area (Å²) < 4.78 is 5.54. The second kappa shape index (κ2) is 6.54. The number of benzene rings is 1. The molecule has 0 aliphatic carbocycles. The number of anilines is 1. The Hall–Kier alpha value is -1.59. The molecular weight excluding hydrogens is 242 g/mol. The van der Waals surface area contributed by atoms with Gasteiger partial charge in [0.25, 0.3) is 5.91 Å². The number of amides is 1. The van der Waals surface area contributed by atoms with E-state index in [1.807, 2.05) is 33.8 Å². The number of nitrogens with one attached hydrogen (secondary N) is 2. The van der Waals surface area contributed by atoms with E-state index in [9.17, 15) is 4.79 Å². The van der Waals surface area contributed by atoms with Crippen LogP contribution in [0.15, 0.2) is 18.2 Å². The predicted octanol–water partition coefficient (Wildman–Crippen LogP) is 1.83. The summed E-state index contributed by atoms with van der Waals surface area (Å²) in [7, 11) is 0. The number of rotatable bonds is 6. The van der Waals surface area contributed by atoms with Gasteiger partial charge in [0.15, 0.2) is 0 Å². The van der Waals surface area contributed by atoms with Crippen molar-refractivity contribution in [2.75, 3.05) is 18.6 Å². The Kier molecular flexibility index (Phi) is 5.32. The van der Waals surface area contributed by atoms with Crippen LogP contribution in [0.1, 0.15) is 36.7 Å². The lowest BCUT2D eigenvalue weighted by atomic mass is 10.1. The van der Waals surface area contributed by atoms with Crippen molar-refractivity contribution in [2.45, 2.75) is 33.3 Å². The van der Waals surface area contributed by atoms with Gasteiger partial charge in [-0.15, -0.1) is 0 Å². The first-order valence-electron chi connectivity index (χ1n) is 6.39. The van der Waals surface area contributed by atoms with E-state index in [0.717, 1.165) is 11.3 Å². The summed E-state index contributed by atoms with van der Waals surface area (Å²) in [5.41, 5.74) is 4.49. The smallest absolute Gasteiger partial charge is 0.251 e. The van der Waals surface area contributed by atoms with Crippen LogP contribution in [0.25, 0.3) is 0 Å². The first-order chi connectivity index (χ1) is 8.89. The lowest BCUT2D eigenvalue weighted by Crippen LogP contribution is -2.40. The minimum Gasteiger partial charge on any atom is -0.374 e. The first kappa shape index (κ1) is 15.5. The van der Waals surface area contributed by atoms with Gasteiger partial charge in [-0.2, -0.15) is 0 Å². The van der Waals surface area contributed by atoms with Crippen molar-refractivity contribution in [3.8, 4) is 0 Å². The topological polar surface area (TPSA) is 76.4 Å². The van der Waals surface area contributed by atoms with Crippen LogP contribution < -0.4 is 16.6 Å². The van der Waals surface area contributed by atoms with Crippen molar-refractivity contribution in [3.05, 3.63) is 29.3 Å². The van der Waals surface area contributed by atoms with Gasteiger partial charge in [-0.05, 0) is 51.5 Å². The van der Waals surface area contributed by atoms with E-state index >= 15 is 0 Å². The number of carbonyl (C=O) groups excluding carboxylic acids is 1. The summed E-state index contributed by atoms with van der Waals surface area (Å²) in [6, 6.07) is 5.37. The molecule has 0 fully saturated rings. The van der Waals surface area contributed by atoms with Crippen molar-refractivity contribution >= 4 is 11.6 Å². The molecular formula is C14H23N3O2. The van der Waals surface area contributed by atoms with Crippen LogP contribution >= 0.6 is 0 Å². The summed E-state index contributed by atoms with van der Waals surface area (Å²) in [5, 5.41) is 2.89. The molecule has 1 amide bonds. The van der Waals surface area contributed by atoms with E-state index in [-0.39, 0.29) is 11.5 Å². The Labute approximate surface area is 114 Å². The summed E-state index contributed by atoms with van der Waals surface area (Å²) in [6.07, 6.45) is 0. The lowest BCUT2D eigenvalue weighted by Gasteiger charge is -2.25. The Morgan fingerprint density at radius 2 is 2.11 bits per heavy atom. The average Bonchev–Trinajstić information content (AvgIpc) is 2.36. The highest BCUT2D eigenvalue weighted by Gasteiger charge is 2.19. The quantitative estimate of drug-likeness (QED) is 0.542. The minimum atomic E-state index is -0.364. The standard InChI is InChI=1S/C14H23N3O2/c1-5-19-14(3,4)9-16-13(18)12-7-6-11(17-15)8-10(12)2/h6-8,17H,5,9,15H2,1-4H3,(H,16,18). The van der Waals surface area contributed by atoms with Crippen LogP contribution in [-0.2, 0) is 4.74 Å². The molecule has 5 heteroatoms. The first-order valence-corrected chi connectivity index (χ1v) is 6.39. The highest BCUT2D eigenvalue weighted by atomic mass is 16.5. The highest BCUT2D eigenvalue weighted by molar-refractivity contribution is 5.96. The predicted molar refractivity (Wildman–Crippen MR) is 77.0 cm³/mol. The number of ether oxygens (including phenoxy) is 1. The molecule has 0 aromatic heterocycles. The van der Waals surface area contributed by atoms with Gasteiger partial charge in [-0.25, -0.2) is 0 Å². The minimum absolute atomic E-state index is 0.103. The van der Waals surface area contributed by atoms with Gasteiger partial charge >= 0.3 is 0 Å². The van der Waals surface area contributed by atoms with Crippen molar-refractivity contribution in [3.63, 3.8) is 0 Å². The summed E-state index contributed by atoms with van der Waals surface area (Å²) in [5.74, 6) is 5.22. The number of nitrogen functional groups attached to an aromatic ring is 1. The molecule has 0 spiro atoms. The van der Waals surface area contributed by atoms with Crippen LogP contribution in [0.5, 0.6) is 0 Å². The normalized spacial score (nSPS) is 11.2. The van der Waals surface area contributed by atoms with Crippen LogP contribution in [-0.4, -0.2) is 24.7 Å². The molecule has 1 aromatic rings. The summed E-state index contributed by atoms with van der Waals surface area (Å²) >= 11 is 0. The van der Waals surface area contributed by atoms with E-state index in [2.05, 4.69) is 10.7 Å². The summed E-state index contributed by atoms with van der Waals surface area (Å²) in [6.45, 7) is 8.81. The fraction of sp³-hybridized carbons (Fsp3) is 0.500. The molecule has 0 radical (unpaired) electrons. The Bertz CT molecular complexity index is 444. The molecule has 0 aliphatic rings. The van der Waals surface area contributed by atoms with Crippen LogP contribution in [0.3, 0.4) is 0 Å². The highest BCUT2D eigenvalue weighted by Crippen LogP contribution is 2.15. The van der Waals surface area contributed by atoms with E-state index in [4.69, 9.17) is 10.6 Å². The Morgan fingerprint density at radius 1 is 1.42 bits per heavy atom. The number of hydrazine groups is 1. The third-order valence-electron chi connectivity index (χ3n) is 2.85. The van der Waals surface area contributed by atoms with E-state index in [1.54, 1.807) is 12.1 Å². The van der Waals surface area contributed by atoms with Gasteiger partial charge in [0.2, 0.25) is 0 Å². The molecule has 0 bridgehead atoms. The van der Waals surface area contributed by atoms with Gasteiger partial charge < -0.3 is 15.5 Å². The maximum atomic E-state index is 12.1. The monoisotopic (exact) mass is 265 g/mol. The molecule has 4 N–H and O–H groups in total. The van der Waals surface area contributed by atoms with Gasteiger partial charge in [0, 0.05) is 24.4 Å². The molecule has 106 valence electrons. The van der Waals surface area contributed by atoms with E-state index < -0.39 is 0 Å². The zero-order valence-electron chi connectivity index (χ0n) is 12.0. The second-order valence-electron chi connectivity index (χ2n) is 5.05. The largest absolute Gasteiger partial charge is 0.374 e. The van der Waals surface area contributed by atoms with Gasteiger partial charge in [-0.3, -0.25) is 10.6 Å². The molecule has 0 unspecified atom stereocenters. The Morgan fingerprint density at radius 3 is 2.63 bits per heavy atom. The maximum absolute atomic E-state index is 12.1. The summed E-state index contributed by atoms with van der Waals surface area (Å²) in [4.78, 5) is 12.1. The molecule has 0 saturated heterocycles. The van der Waals surface area contributed by atoms with E-state index in [1.165, 1.54) is 0 Å². The maximum Gasteiger partial charge on any atom is 0.251 e.